The quantitative estimate of drug-likeness (QED) is 0.654. The van der Waals surface area contributed by atoms with Crippen LogP contribution in [0.25, 0.3) is 10.8 Å². The van der Waals surface area contributed by atoms with Crippen molar-refractivity contribution in [1.82, 2.24) is 15.2 Å². The summed E-state index contributed by atoms with van der Waals surface area (Å²) in [6, 6.07) is 7.78. The summed E-state index contributed by atoms with van der Waals surface area (Å²) in [4.78, 5) is 17.4. The van der Waals surface area contributed by atoms with Crippen molar-refractivity contribution in [3.05, 3.63) is 40.5 Å². The predicted molar refractivity (Wildman–Crippen MR) is 100 cm³/mol. The first-order chi connectivity index (χ1) is 12.1. The van der Waals surface area contributed by atoms with Crippen LogP contribution in [0.4, 0.5) is 5.69 Å². The lowest BCUT2D eigenvalue weighted by atomic mass is 10.1. The average molecular weight is 374 g/mol. The van der Waals surface area contributed by atoms with E-state index >= 15 is 0 Å². The molecule has 0 aliphatic heterocycles. The van der Waals surface area contributed by atoms with Gasteiger partial charge in [0.05, 0.1) is 16.5 Å². The zero-order valence-electron chi connectivity index (χ0n) is 14.2. The molecule has 8 heteroatoms. The van der Waals surface area contributed by atoms with Crippen molar-refractivity contribution >= 4 is 34.7 Å². The number of aryl methyl sites for hydroxylation is 3. The Kier molecular flexibility index (Phi) is 5.50. The van der Waals surface area contributed by atoms with Crippen molar-refractivity contribution in [2.75, 3.05) is 11.1 Å². The Hall–Kier alpha value is -2.19. The van der Waals surface area contributed by atoms with Gasteiger partial charge in [-0.1, -0.05) is 36.9 Å². The fourth-order valence-corrected chi connectivity index (χ4v) is 3.76. The Bertz CT molecular complexity index is 888. The second kappa shape index (κ2) is 7.79. The summed E-state index contributed by atoms with van der Waals surface area (Å²) in [6.45, 7) is 5.91. The molecular formula is C17H18N4O2S2. The molecule has 0 saturated heterocycles. The molecular weight excluding hydrogens is 356 g/mol. The number of rotatable bonds is 6. The Morgan fingerprint density at radius 3 is 2.80 bits per heavy atom. The molecule has 1 amide bonds. The molecule has 0 radical (unpaired) electrons. The van der Waals surface area contributed by atoms with Crippen LogP contribution in [-0.2, 0) is 11.2 Å². The number of carbonyl (C=O) groups excluding carboxylic acids is 1. The van der Waals surface area contributed by atoms with Crippen LogP contribution in [0, 0.1) is 13.8 Å². The number of nitrogens with zero attached hydrogens (tertiary/aromatic N) is 3. The molecule has 0 unspecified atom stereocenters. The molecule has 1 N–H and O–H groups in total. The molecule has 130 valence electrons. The molecule has 0 fully saturated rings. The van der Waals surface area contributed by atoms with E-state index in [1.807, 2.05) is 38.1 Å². The molecule has 0 aliphatic rings. The van der Waals surface area contributed by atoms with E-state index in [4.69, 9.17) is 4.42 Å². The molecule has 0 atom stereocenters. The minimum atomic E-state index is -0.101. The molecule has 0 aliphatic carbocycles. The lowest BCUT2D eigenvalue weighted by Gasteiger charge is -2.08. The number of para-hydroxylation sites is 1. The summed E-state index contributed by atoms with van der Waals surface area (Å²) in [5.41, 5.74) is 2.83. The van der Waals surface area contributed by atoms with Gasteiger partial charge in [-0.2, -0.15) is 0 Å². The molecule has 0 bridgehead atoms. The van der Waals surface area contributed by atoms with E-state index in [1.165, 1.54) is 23.1 Å². The van der Waals surface area contributed by atoms with Crippen LogP contribution in [0.2, 0.25) is 0 Å². The maximum Gasteiger partial charge on any atom is 0.277 e. The Morgan fingerprint density at radius 2 is 2.08 bits per heavy atom. The highest BCUT2D eigenvalue weighted by Crippen LogP contribution is 2.30. The van der Waals surface area contributed by atoms with Crippen molar-refractivity contribution in [3.8, 4) is 10.8 Å². The van der Waals surface area contributed by atoms with E-state index < -0.39 is 0 Å². The monoisotopic (exact) mass is 374 g/mol. The Morgan fingerprint density at radius 1 is 1.28 bits per heavy atom. The number of carbonyl (C=O) groups is 1. The van der Waals surface area contributed by atoms with Gasteiger partial charge in [0.25, 0.3) is 11.1 Å². The third kappa shape index (κ3) is 4.26. The highest BCUT2D eigenvalue weighted by molar-refractivity contribution is 7.99. The van der Waals surface area contributed by atoms with Gasteiger partial charge in [-0.25, -0.2) is 4.98 Å². The van der Waals surface area contributed by atoms with Crippen LogP contribution in [0.1, 0.15) is 23.2 Å². The van der Waals surface area contributed by atoms with Gasteiger partial charge in [-0.05, 0) is 31.9 Å². The number of anilines is 1. The van der Waals surface area contributed by atoms with Gasteiger partial charge in [-0.15, -0.1) is 21.5 Å². The number of nitrogens with one attached hydrogen (secondary N) is 1. The van der Waals surface area contributed by atoms with E-state index in [9.17, 15) is 4.79 Å². The first-order valence-electron chi connectivity index (χ1n) is 7.85. The number of thioether (sulfide) groups is 1. The van der Waals surface area contributed by atoms with Gasteiger partial charge in [-0.3, -0.25) is 4.79 Å². The van der Waals surface area contributed by atoms with Crippen LogP contribution in [-0.4, -0.2) is 26.8 Å². The van der Waals surface area contributed by atoms with Gasteiger partial charge in [0.1, 0.15) is 4.88 Å². The highest BCUT2D eigenvalue weighted by Gasteiger charge is 2.16. The zero-order chi connectivity index (χ0) is 17.8. The van der Waals surface area contributed by atoms with E-state index in [-0.39, 0.29) is 11.7 Å². The third-order valence-electron chi connectivity index (χ3n) is 3.50. The average Bonchev–Trinajstić information content (AvgIpc) is 3.19. The highest BCUT2D eigenvalue weighted by atomic mass is 32.2. The molecule has 3 aromatic rings. The van der Waals surface area contributed by atoms with Crippen molar-refractivity contribution in [2.45, 2.75) is 32.4 Å². The van der Waals surface area contributed by atoms with E-state index in [1.54, 1.807) is 0 Å². The van der Waals surface area contributed by atoms with Crippen molar-refractivity contribution in [2.24, 2.45) is 0 Å². The van der Waals surface area contributed by atoms with Crippen LogP contribution in [0.3, 0.4) is 0 Å². The maximum atomic E-state index is 12.2. The standard InChI is InChI=1S/C17H18N4O2S2/c1-4-12-7-5-6-8-13(12)19-14(22)9-24-17-21-20-16(23-17)15-10(2)18-11(3)25-15/h5-8H,4,9H2,1-3H3,(H,19,22). The minimum absolute atomic E-state index is 0.101. The predicted octanol–water partition coefficient (Wildman–Crippen LogP) is 4.10. The van der Waals surface area contributed by atoms with E-state index in [0.29, 0.717) is 11.1 Å². The number of benzene rings is 1. The van der Waals surface area contributed by atoms with Gasteiger partial charge >= 0.3 is 0 Å². The SMILES string of the molecule is CCc1ccccc1NC(=O)CSc1nnc(-c2sc(C)nc2C)o1. The summed E-state index contributed by atoms with van der Waals surface area (Å²) in [5.74, 6) is 0.554. The normalized spacial score (nSPS) is 10.8. The fourth-order valence-electron chi connectivity index (χ4n) is 2.35. The van der Waals surface area contributed by atoms with Crippen LogP contribution in [0.15, 0.2) is 33.9 Å². The molecule has 2 heterocycles. The molecule has 0 saturated carbocycles. The van der Waals surface area contributed by atoms with Crippen molar-refractivity contribution in [3.63, 3.8) is 0 Å². The van der Waals surface area contributed by atoms with Gasteiger partial charge in [0.2, 0.25) is 5.91 Å². The van der Waals surface area contributed by atoms with Gasteiger partial charge < -0.3 is 9.73 Å². The third-order valence-corrected chi connectivity index (χ3v) is 5.38. The molecule has 25 heavy (non-hydrogen) atoms. The summed E-state index contributed by atoms with van der Waals surface area (Å²) in [7, 11) is 0. The second-order valence-corrected chi connectivity index (χ2v) is 7.50. The zero-order valence-corrected chi connectivity index (χ0v) is 15.8. The molecule has 6 nitrogen and oxygen atoms in total. The number of aromatic nitrogens is 3. The summed E-state index contributed by atoms with van der Waals surface area (Å²) >= 11 is 2.74. The summed E-state index contributed by atoms with van der Waals surface area (Å²) in [5, 5.41) is 12.3. The number of amides is 1. The topological polar surface area (TPSA) is 80.9 Å². The number of hydrogen-bond acceptors (Lipinski definition) is 7. The first kappa shape index (κ1) is 17.6. The Balaban J connectivity index is 1.60. The summed E-state index contributed by atoms with van der Waals surface area (Å²) < 4.78 is 5.64. The van der Waals surface area contributed by atoms with Crippen LogP contribution in [0.5, 0.6) is 0 Å². The largest absolute Gasteiger partial charge is 0.410 e. The van der Waals surface area contributed by atoms with Crippen molar-refractivity contribution < 1.29 is 9.21 Å². The molecule has 1 aromatic carbocycles. The minimum Gasteiger partial charge on any atom is -0.410 e. The molecule has 2 aromatic heterocycles. The lowest BCUT2D eigenvalue weighted by Crippen LogP contribution is -2.15. The maximum absolute atomic E-state index is 12.2. The lowest BCUT2D eigenvalue weighted by molar-refractivity contribution is -0.113. The van der Waals surface area contributed by atoms with E-state index in [0.717, 1.165) is 33.3 Å². The second-order valence-electron chi connectivity index (χ2n) is 5.37. The van der Waals surface area contributed by atoms with Gasteiger partial charge in [0.15, 0.2) is 0 Å². The summed E-state index contributed by atoms with van der Waals surface area (Å²) in [6.07, 6.45) is 0.865. The van der Waals surface area contributed by atoms with E-state index in [2.05, 4.69) is 27.4 Å². The molecule has 3 rings (SSSR count). The molecule has 0 spiro atoms. The van der Waals surface area contributed by atoms with Gasteiger partial charge in [0, 0.05) is 5.69 Å². The fraction of sp³-hybridized carbons (Fsp3) is 0.294. The smallest absolute Gasteiger partial charge is 0.277 e. The first-order valence-corrected chi connectivity index (χ1v) is 9.65. The Labute approximate surface area is 154 Å². The van der Waals surface area contributed by atoms with Crippen LogP contribution >= 0.6 is 23.1 Å². The number of hydrogen-bond donors (Lipinski definition) is 1. The van der Waals surface area contributed by atoms with Crippen molar-refractivity contribution in [1.29, 1.82) is 0 Å². The van der Waals surface area contributed by atoms with Crippen LogP contribution < -0.4 is 5.32 Å². The number of thiazole rings is 1.